The smallest absolute Gasteiger partial charge is 0.328 e. The molecule has 1 aliphatic heterocycles. The SMILES string of the molecule is COc1cc(Cl)c(C(=O)N(C)C(=O)N2CCOCC2)c([N+](=O)[O-])c1O. The Morgan fingerprint density at radius 3 is 2.56 bits per heavy atom. The molecule has 1 aromatic rings. The number of imide groups is 1. The van der Waals surface area contributed by atoms with Gasteiger partial charge < -0.3 is 19.5 Å². The van der Waals surface area contributed by atoms with Crippen LogP contribution in [0, 0.1) is 10.1 Å². The molecule has 2 rings (SSSR count). The van der Waals surface area contributed by atoms with E-state index in [-0.39, 0.29) is 10.8 Å². The zero-order chi connectivity index (χ0) is 18.7. The molecule has 0 aliphatic carbocycles. The summed E-state index contributed by atoms with van der Waals surface area (Å²) in [6.45, 7) is 1.25. The summed E-state index contributed by atoms with van der Waals surface area (Å²) >= 11 is 5.97. The van der Waals surface area contributed by atoms with Crippen LogP contribution in [0.25, 0.3) is 0 Å². The van der Waals surface area contributed by atoms with Crippen LogP contribution < -0.4 is 4.74 Å². The molecule has 1 saturated heterocycles. The number of nitro groups is 1. The summed E-state index contributed by atoms with van der Waals surface area (Å²) in [7, 11) is 2.37. The lowest BCUT2D eigenvalue weighted by Gasteiger charge is -2.30. The first-order chi connectivity index (χ1) is 11.8. The Hall–Kier alpha value is -2.59. The first-order valence-corrected chi connectivity index (χ1v) is 7.56. The number of ether oxygens (including phenoxy) is 2. The molecular formula is C14H16ClN3O7. The quantitative estimate of drug-likeness (QED) is 0.628. The van der Waals surface area contributed by atoms with Crippen LogP contribution in [-0.2, 0) is 4.74 Å². The Morgan fingerprint density at radius 2 is 2.04 bits per heavy atom. The van der Waals surface area contributed by atoms with E-state index in [2.05, 4.69) is 0 Å². The molecule has 0 bridgehead atoms. The Morgan fingerprint density at radius 1 is 1.44 bits per heavy atom. The number of carbonyl (C=O) groups excluding carboxylic acids is 2. The van der Waals surface area contributed by atoms with Crippen molar-refractivity contribution in [1.82, 2.24) is 9.80 Å². The van der Waals surface area contributed by atoms with Crippen LogP contribution in [0.5, 0.6) is 11.5 Å². The molecule has 0 spiro atoms. The fourth-order valence-electron chi connectivity index (χ4n) is 2.36. The standard InChI is InChI=1S/C14H16ClN3O7/c1-16(14(21)17-3-5-25-6-4-17)13(20)10-8(15)7-9(24-2)12(19)11(10)18(22)23/h7,19H,3-6H2,1-2H3. The summed E-state index contributed by atoms with van der Waals surface area (Å²) < 4.78 is 9.93. The van der Waals surface area contributed by atoms with E-state index in [1.807, 2.05) is 0 Å². The van der Waals surface area contributed by atoms with Gasteiger partial charge in [0.2, 0.25) is 5.75 Å². The summed E-state index contributed by atoms with van der Waals surface area (Å²) in [6, 6.07) is 0.429. The maximum Gasteiger partial charge on any atom is 0.328 e. The maximum atomic E-state index is 12.6. The van der Waals surface area contributed by atoms with Gasteiger partial charge in [-0.1, -0.05) is 11.6 Å². The summed E-state index contributed by atoms with van der Waals surface area (Å²) in [5.41, 5.74) is -1.51. The van der Waals surface area contributed by atoms with Gasteiger partial charge in [0.15, 0.2) is 5.75 Å². The van der Waals surface area contributed by atoms with E-state index in [0.29, 0.717) is 31.2 Å². The molecule has 1 heterocycles. The van der Waals surface area contributed by atoms with Crippen LogP contribution in [0.2, 0.25) is 5.02 Å². The highest BCUT2D eigenvalue weighted by atomic mass is 35.5. The predicted molar refractivity (Wildman–Crippen MR) is 86.2 cm³/mol. The second-order valence-corrected chi connectivity index (χ2v) is 5.54. The second-order valence-electron chi connectivity index (χ2n) is 5.14. The van der Waals surface area contributed by atoms with Crippen molar-refractivity contribution in [2.24, 2.45) is 0 Å². The molecule has 11 heteroatoms. The monoisotopic (exact) mass is 373 g/mol. The number of phenolic OH excluding ortho intramolecular Hbond substituents is 1. The molecule has 1 aromatic carbocycles. The van der Waals surface area contributed by atoms with Gasteiger partial charge in [0, 0.05) is 26.2 Å². The Labute approximate surface area is 147 Å². The van der Waals surface area contributed by atoms with Crippen molar-refractivity contribution in [3.63, 3.8) is 0 Å². The van der Waals surface area contributed by atoms with Crippen molar-refractivity contribution in [3.8, 4) is 11.5 Å². The van der Waals surface area contributed by atoms with Gasteiger partial charge in [0.25, 0.3) is 5.91 Å². The highest BCUT2D eigenvalue weighted by Crippen LogP contribution is 2.43. The molecule has 136 valence electrons. The number of hydrogen-bond acceptors (Lipinski definition) is 7. The summed E-state index contributed by atoms with van der Waals surface area (Å²) in [6.07, 6.45) is 0. The first-order valence-electron chi connectivity index (χ1n) is 7.18. The van der Waals surface area contributed by atoms with Crippen molar-refractivity contribution in [2.75, 3.05) is 40.5 Å². The minimum absolute atomic E-state index is 0.254. The predicted octanol–water partition coefficient (Wildman–Crippen LogP) is 1.49. The molecule has 1 N–H and O–H groups in total. The second kappa shape index (κ2) is 7.53. The topological polar surface area (TPSA) is 122 Å². The van der Waals surface area contributed by atoms with Crippen molar-refractivity contribution in [3.05, 3.63) is 26.8 Å². The molecule has 0 atom stereocenters. The third-order valence-electron chi connectivity index (χ3n) is 3.68. The van der Waals surface area contributed by atoms with Gasteiger partial charge in [0.05, 0.1) is 30.3 Å². The highest BCUT2D eigenvalue weighted by molar-refractivity contribution is 6.35. The minimum Gasteiger partial charge on any atom is -0.499 e. The normalized spacial score (nSPS) is 14.1. The van der Waals surface area contributed by atoms with E-state index < -0.39 is 33.9 Å². The number of morpholine rings is 1. The average molecular weight is 374 g/mol. The van der Waals surface area contributed by atoms with Crippen LogP contribution in [-0.4, -0.2) is 72.2 Å². The number of phenols is 1. The fraction of sp³-hybridized carbons (Fsp3) is 0.429. The minimum atomic E-state index is -1.01. The Bertz CT molecular complexity index is 719. The number of urea groups is 1. The van der Waals surface area contributed by atoms with Gasteiger partial charge in [-0.3, -0.25) is 19.8 Å². The average Bonchev–Trinajstić information content (AvgIpc) is 2.61. The number of benzene rings is 1. The number of halogens is 1. The zero-order valence-electron chi connectivity index (χ0n) is 13.5. The Kier molecular flexibility index (Phi) is 5.65. The molecule has 0 unspecified atom stereocenters. The van der Waals surface area contributed by atoms with Gasteiger partial charge in [-0.25, -0.2) is 4.79 Å². The van der Waals surface area contributed by atoms with Gasteiger partial charge >= 0.3 is 11.7 Å². The van der Waals surface area contributed by atoms with Gasteiger partial charge in [0.1, 0.15) is 5.56 Å². The van der Waals surface area contributed by atoms with Crippen LogP contribution in [0.3, 0.4) is 0 Å². The molecule has 0 radical (unpaired) electrons. The van der Waals surface area contributed by atoms with Crippen molar-refractivity contribution < 1.29 is 29.1 Å². The van der Waals surface area contributed by atoms with E-state index in [4.69, 9.17) is 21.1 Å². The number of methoxy groups -OCH3 is 1. The number of aromatic hydroxyl groups is 1. The molecule has 10 nitrogen and oxygen atoms in total. The number of nitro benzene ring substituents is 1. The molecule has 1 aliphatic rings. The molecule has 25 heavy (non-hydrogen) atoms. The Balaban J connectivity index is 2.42. The van der Waals surface area contributed by atoms with Crippen molar-refractivity contribution in [2.45, 2.75) is 0 Å². The van der Waals surface area contributed by atoms with Gasteiger partial charge in [-0.05, 0) is 0 Å². The third kappa shape index (κ3) is 3.59. The van der Waals surface area contributed by atoms with E-state index in [0.717, 1.165) is 6.07 Å². The molecule has 3 amide bonds. The first kappa shape index (κ1) is 18.7. The number of amides is 3. The van der Waals surface area contributed by atoms with Gasteiger partial charge in [-0.2, -0.15) is 0 Å². The van der Waals surface area contributed by atoms with Crippen LogP contribution in [0.1, 0.15) is 10.4 Å². The lowest BCUT2D eigenvalue weighted by molar-refractivity contribution is -0.386. The zero-order valence-corrected chi connectivity index (χ0v) is 14.3. The van der Waals surface area contributed by atoms with Crippen LogP contribution >= 0.6 is 11.6 Å². The summed E-state index contributed by atoms with van der Waals surface area (Å²) in [4.78, 5) is 37.5. The molecule has 0 aromatic heterocycles. The fourth-order valence-corrected chi connectivity index (χ4v) is 2.63. The molecular weight excluding hydrogens is 358 g/mol. The molecule has 0 saturated carbocycles. The maximum absolute atomic E-state index is 12.6. The largest absolute Gasteiger partial charge is 0.499 e. The van der Waals surface area contributed by atoms with E-state index >= 15 is 0 Å². The van der Waals surface area contributed by atoms with Crippen LogP contribution in [0.15, 0.2) is 6.07 Å². The van der Waals surface area contributed by atoms with Crippen molar-refractivity contribution in [1.29, 1.82) is 0 Å². The number of carbonyl (C=O) groups is 2. The molecule has 1 fully saturated rings. The number of hydrogen-bond donors (Lipinski definition) is 1. The van der Waals surface area contributed by atoms with Gasteiger partial charge in [-0.15, -0.1) is 0 Å². The van der Waals surface area contributed by atoms with Crippen molar-refractivity contribution >= 4 is 29.2 Å². The lowest BCUT2D eigenvalue weighted by atomic mass is 10.1. The van der Waals surface area contributed by atoms with Crippen LogP contribution in [0.4, 0.5) is 10.5 Å². The number of nitrogens with zero attached hydrogens (tertiary/aromatic N) is 3. The number of rotatable bonds is 3. The summed E-state index contributed by atoms with van der Waals surface area (Å²) in [5.74, 6) is -2.10. The van der Waals surface area contributed by atoms with E-state index in [9.17, 15) is 24.8 Å². The third-order valence-corrected chi connectivity index (χ3v) is 3.98. The van der Waals surface area contributed by atoms with E-state index in [1.54, 1.807) is 0 Å². The van der Waals surface area contributed by atoms with E-state index in [1.165, 1.54) is 19.1 Å². The summed E-state index contributed by atoms with van der Waals surface area (Å²) in [5, 5.41) is 21.0. The lowest BCUT2D eigenvalue weighted by Crippen LogP contribution is -2.48. The highest BCUT2D eigenvalue weighted by Gasteiger charge is 2.35.